The Morgan fingerprint density at radius 1 is 1.29 bits per heavy atom. The van der Waals surface area contributed by atoms with Gasteiger partial charge in [0.25, 0.3) is 0 Å². The third-order valence-corrected chi connectivity index (χ3v) is 2.72. The van der Waals surface area contributed by atoms with Crippen molar-refractivity contribution in [2.45, 2.75) is 18.9 Å². The molecule has 1 heterocycles. The molecule has 17 heavy (non-hydrogen) atoms. The second-order valence-corrected chi connectivity index (χ2v) is 3.91. The summed E-state index contributed by atoms with van der Waals surface area (Å²) in [7, 11) is 1.62. The molecule has 0 aliphatic heterocycles. The first kappa shape index (κ1) is 11.7. The fraction of sp³-hybridized carbons (Fsp3) is 0.286. The molecule has 0 bridgehead atoms. The van der Waals surface area contributed by atoms with E-state index in [0.29, 0.717) is 6.42 Å². The quantitative estimate of drug-likeness (QED) is 0.861. The summed E-state index contributed by atoms with van der Waals surface area (Å²) in [5.74, 6) is 1.66. The average molecular weight is 232 g/mol. The Kier molecular flexibility index (Phi) is 3.83. The molecule has 3 heteroatoms. The molecule has 0 saturated carbocycles. The maximum absolute atomic E-state index is 10.0. The molecule has 1 unspecified atom stereocenters. The molecular weight excluding hydrogens is 216 g/mol. The smallest absolute Gasteiger partial charge is 0.119 e. The molecule has 0 saturated heterocycles. The monoisotopic (exact) mass is 232 g/mol. The van der Waals surface area contributed by atoms with Gasteiger partial charge in [0.1, 0.15) is 11.5 Å². The van der Waals surface area contributed by atoms with Crippen molar-refractivity contribution in [3.8, 4) is 5.75 Å². The summed E-state index contributed by atoms with van der Waals surface area (Å²) in [5.41, 5.74) is 0.871. The lowest BCUT2D eigenvalue weighted by atomic mass is 10.0. The molecule has 0 amide bonds. The van der Waals surface area contributed by atoms with Crippen LogP contribution in [0.25, 0.3) is 0 Å². The fourth-order valence-electron chi connectivity index (χ4n) is 1.75. The summed E-state index contributed by atoms with van der Waals surface area (Å²) >= 11 is 0. The van der Waals surface area contributed by atoms with Crippen LogP contribution >= 0.6 is 0 Å². The van der Waals surface area contributed by atoms with Crippen LogP contribution in [-0.2, 0) is 6.42 Å². The van der Waals surface area contributed by atoms with Crippen LogP contribution in [0.5, 0.6) is 5.75 Å². The summed E-state index contributed by atoms with van der Waals surface area (Å²) in [6.45, 7) is 0. The van der Waals surface area contributed by atoms with E-state index in [-0.39, 0.29) is 0 Å². The highest BCUT2D eigenvalue weighted by atomic mass is 16.5. The molecular formula is C14H16O3. The molecule has 2 aromatic rings. The molecule has 2 rings (SSSR count). The third-order valence-electron chi connectivity index (χ3n) is 2.72. The van der Waals surface area contributed by atoms with Gasteiger partial charge in [0.15, 0.2) is 0 Å². The lowest BCUT2D eigenvalue weighted by Gasteiger charge is -2.11. The SMILES string of the molecule is COc1cccc(C(O)CCc2ccco2)c1. The van der Waals surface area contributed by atoms with E-state index >= 15 is 0 Å². The van der Waals surface area contributed by atoms with Gasteiger partial charge in [0.2, 0.25) is 0 Å². The van der Waals surface area contributed by atoms with Crippen molar-refractivity contribution in [1.29, 1.82) is 0 Å². The highest BCUT2D eigenvalue weighted by Gasteiger charge is 2.09. The maximum atomic E-state index is 10.0. The van der Waals surface area contributed by atoms with Crippen molar-refractivity contribution in [2.75, 3.05) is 7.11 Å². The molecule has 1 aromatic carbocycles. The number of ether oxygens (including phenoxy) is 1. The topological polar surface area (TPSA) is 42.6 Å². The first-order chi connectivity index (χ1) is 8.29. The summed E-state index contributed by atoms with van der Waals surface area (Å²) in [6, 6.07) is 11.3. The van der Waals surface area contributed by atoms with Crippen molar-refractivity contribution in [2.24, 2.45) is 0 Å². The van der Waals surface area contributed by atoms with E-state index in [4.69, 9.17) is 9.15 Å². The number of benzene rings is 1. The van der Waals surface area contributed by atoms with Crippen LogP contribution < -0.4 is 4.74 Å². The number of aliphatic hydroxyl groups is 1. The Morgan fingerprint density at radius 3 is 2.88 bits per heavy atom. The predicted octanol–water partition coefficient (Wildman–Crippen LogP) is 2.95. The molecule has 0 aliphatic rings. The largest absolute Gasteiger partial charge is 0.497 e. The molecule has 0 fully saturated rings. The predicted molar refractivity (Wildman–Crippen MR) is 65.0 cm³/mol. The van der Waals surface area contributed by atoms with Gasteiger partial charge in [-0.3, -0.25) is 0 Å². The molecule has 0 spiro atoms. The number of furan rings is 1. The van der Waals surface area contributed by atoms with Crippen LogP contribution in [-0.4, -0.2) is 12.2 Å². The van der Waals surface area contributed by atoms with Crippen LogP contribution in [0.1, 0.15) is 23.8 Å². The van der Waals surface area contributed by atoms with Gasteiger partial charge >= 0.3 is 0 Å². The first-order valence-corrected chi connectivity index (χ1v) is 5.64. The van der Waals surface area contributed by atoms with Crippen LogP contribution in [0.3, 0.4) is 0 Å². The van der Waals surface area contributed by atoms with Gasteiger partial charge in [0.05, 0.1) is 19.5 Å². The van der Waals surface area contributed by atoms with Gasteiger partial charge in [-0.15, -0.1) is 0 Å². The van der Waals surface area contributed by atoms with Crippen molar-refractivity contribution in [3.05, 3.63) is 54.0 Å². The number of hydrogen-bond donors (Lipinski definition) is 1. The molecule has 90 valence electrons. The van der Waals surface area contributed by atoms with Gasteiger partial charge < -0.3 is 14.3 Å². The Balaban J connectivity index is 1.96. The van der Waals surface area contributed by atoms with Gasteiger partial charge in [0, 0.05) is 6.42 Å². The summed E-state index contributed by atoms with van der Waals surface area (Å²) in [6.07, 6.45) is 2.52. The van der Waals surface area contributed by atoms with E-state index in [9.17, 15) is 5.11 Å². The fourth-order valence-corrected chi connectivity index (χ4v) is 1.75. The van der Waals surface area contributed by atoms with Gasteiger partial charge in [-0.25, -0.2) is 0 Å². The average Bonchev–Trinajstić information content (AvgIpc) is 2.89. The van der Waals surface area contributed by atoms with E-state index in [1.54, 1.807) is 13.4 Å². The minimum Gasteiger partial charge on any atom is -0.497 e. The number of aryl methyl sites for hydroxylation is 1. The van der Waals surface area contributed by atoms with Crippen molar-refractivity contribution in [3.63, 3.8) is 0 Å². The van der Waals surface area contributed by atoms with E-state index in [1.165, 1.54) is 0 Å². The molecule has 0 aliphatic carbocycles. The number of hydrogen-bond acceptors (Lipinski definition) is 3. The van der Waals surface area contributed by atoms with E-state index < -0.39 is 6.10 Å². The highest BCUT2D eigenvalue weighted by Crippen LogP contribution is 2.22. The second-order valence-electron chi connectivity index (χ2n) is 3.91. The Bertz CT molecular complexity index is 448. The van der Waals surface area contributed by atoms with Crippen LogP contribution in [0.15, 0.2) is 47.1 Å². The minimum atomic E-state index is -0.491. The van der Waals surface area contributed by atoms with E-state index in [0.717, 1.165) is 23.5 Å². The van der Waals surface area contributed by atoms with Crippen LogP contribution in [0.2, 0.25) is 0 Å². The number of rotatable bonds is 5. The van der Waals surface area contributed by atoms with E-state index in [1.807, 2.05) is 36.4 Å². The Hall–Kier alpha value is -1.74. The van der Waals surface area contributed by atoms with Crippen LogP contribution in [0.4, 0.5) is 0 Å². The first-order valence-electron chi connectivity index (χ1n) is 5.64. The highest BCUT2D eigenvalue weighted by molar-refractivity contribution is 5.29. The zero-order chi connectivity index (χ0) is 12.1. The lowest BCUT2D eigenvalue weighted by Crippen LogP contribution is -1.99. The van der Waals surface area contributed by atoms with Crippen LogP contribution in [0, 0.1) is 0 Å². The summed E-state index contributed by atoms with van der Waals surface area (Å²) < 4.78 is 10.4. The van der Waals surface area contributed by atoms with Gasteiger partial charge in [-0.05, 0) is 36.2 Å². The lowest BCUT2D eigenvalue weighted by molar-refractivity contribution is 0.165. The van der Waals surface area contributed by atoms with Crippen molar-refractivity contribution < 1.29 is 14.3 Å². The number of methoxy groups -OCH3 is 1. The summed E-state index contributed by atoms with van der Waals surface area (Å²) in [4.78, 5) is 0. The Labute approximate surface area is 101 Å². The van der Waals surface area contributed by atoms with Gasteiger partial charge in [-0.1, -0.05) is 12.1 Å². The van der Waals surface area contributed by atoms with Gasteiger partial charge in [-0.2, -0.15) is 0 Å². The zero-order valence-corrected chi connectivity index (χ0v) is 9.80. The summed E-state index contributed by atoms with van der Waals surface area (Å²) in [5, 5.41) is 10.0. The normalized spacial score (nSPS) is 12.4. The molecule has 1 N–H and O–H groups in total. The van der Waals surface area contributed by atoms with Crippen molar-refractivity contribution >= 4 is 0 Å². The molecule has 0 radical (unpaired) electrons. The zero-order valence-electron chi connectivity index (χ0n) is 9.80. The van der Waals surface area contributed by atoms with Crippen molar-refractivity contribution in [1.82, 2.24) is 0 Å². The van der Waals surface area contributed by atoms with E-state index in [2.05, 4.69) is 0 Å². The third kappa shape index (κ3) is 3.11. The molecule has 3 nitrogen and oxygen atoms in total. The minimum absolute atomic E-state index is 0.491. The molecule has 1 atom stereocenters. The second kappa shape index (κ2) is 5.55. The number of aliphatic hydroxyl groups excluding tert-OH is 1. The maximum Gasteiger partial charge on any atom is 0.119 e. The molecule has 1 aromatic heterocycles. The Morgan fingerprint density at radius 2 is 2.18 bits per heavy atom. The standard InChI is InChI=1S/C14H16O3/c1-16-13-5-2-4-11(10-13)14(15)8-7-12-6-3-9-17-12/h2-6,9-10,14-15H,7-8H2,1H3.